The van der Waals surface area contributed by atoms with Gasteiger partial charge in [0.1, 0.15) is 5.75 Å². The van der Waals surface area contributed by atoms with Crippen LogP contribution < -0.4 is 4.74 Å². The van der Waals surface area contributed by atoms with E-state index in [4.69, 9.17) is 9.47 Å². The number of hydrogen-bond donors (Lipinski definition) is 1. The van der Waals surface area contributed by atoms with Crippen molar-refractivity contribution >= 4 is 15.9 Å². The fourth-order valence-electron chi connectivity index (χ4n) is 1.94. The van der Waals surface area contributed by atoms with E-state index in [0.717, 1.165) is 21.3 Å². The van der Waals surface area contributed by atoms with E-state index in [1.807, 2.05) is 26.0 Å². The van der Waals surface area contributed by atoms with Gasteiger partial charge in [-0.15, -0.1) is 0 Å². The smallest absolute Gasteiger partial charge is 0.189 e. The van der Waals surface area contributed by atoms with E-state index in [1.165, 1.54) is 0 Å². The summed E-state index contributed by atoms with van der Waals surface area (Å²) < 4.78 is 11.7. The molecule has 16 heavy (non-hydrogen) atoms. The summed E-state index contributed by atoms with van der Waals surface area (Å²) in [7, 11) is 0. The molecule has 0 aliphatic carbocycles. The Balaban J connectivity index is 2.58. The molecule has 0 bridgehead atoms. The number of benzene rings is 1. The van der Waals surface area contributed by atoms with Crippen LogP contribution >= 0.6 is 15.9 Å². The summed E-state index contributed by atoms with van der Waals surface area (Å²) in [4.78, 5) is 0. The molecule has 2 rings (SSSR count). The lowest BCUT2D eigenvalue weighted by Gasteiger charge is -2.30. The molecule has 0 atom stereocenters. The standard InChI is InChI=1S/C12H15BrO3/c1-12(2,6-14)11-8-5-15-7-16-10(8)4-3-9(11)13/h3-4,14H,5-7H2,1-2H3. The first-order chi connectivity index (χ1) is 7.56. The third kappa shape index (κ3) is 1.97. The van der Waals surface area contributed by atoms with Crippen molar-refractivity contribution < 1.29 is 14.6 Å². The number of ether oxygens (including phenoxy) is 2. The van der Waals surface area contributed by atoms with E-state index in [-0.39, 0.29) is 12.0 Å². The van der Waals surface area contributed by atoms with E-state index in [9.17, 15) is 5.11 Å². The van der Waals surface area contributed by atoms with Gasteiger partial charge in [-0.3, -0.25) is 0 Å². The van der Waals surface area contributed by atoms with Crippen molar-refractivity contribution in [2.75, 3.05) is 13.4 Å². The molecule has 1 N–H and O–H groups in total. The molecule has 88 valence electrons. The van der Waals surface area contributed by atoms with E-state index in [2.05, 4.69) is 15.9 Å². The third-order valence-corrected chi connectivity index (χ3v) is 3.50. The van der Waals surface area contributed by atoms with Gasteiger partial charge in [0, 0.05) is 15.5 Å². The number of rotatable bonds is 2. The lowest BCUT2D eigenvalue weighted by molar-refractivity contribution is -0.0176. The highest BCUT2D eigenvalue weighted by atomic mass is 79.9. The second-order valence-electron chi connectivity index (χ2n) is 4.55. The van der Waals surface area contributed by atoms with Gasteiger partial charge >= 0.3 is 0 Å². The SMILES string of the molecule is CC(C)(CO)c1c(Br)ccc2c1COCO2. The first kappa shape index (κ1) is 11.9. The molecule has 0 saturated carbocycles. The summed E-state index contributed by atoms with van der Waals surface area (Å²) in [6.07, 6.45) is 0. The molecule has 3 nitrogen and oxygen atoms in total. The van der Waals surface area contributed by atoms with Crippen LogP contribution in [0.3, 0.4) is 0 Å². The van der Waals surface area contributed by atoms with Gasteiger partial charge < -0.3 is 14.6 Å². The van der Waals surface area contributed by atoms with E-state index >= 15 is 0 Å². The molecule has 0 fully saturated rings. The van der Waals surface area contributed by atoms with Crippen molar-refractivity contribution in [3.05, 3.63) is 27.7 Å². The maximum Gasteiger partial charge on any atom is 0.189 e. The predicted molar refractivity (Wildman–Crippen MR) is 64.5 cm³/mol. The van der Waals surface area contributed by atoms with Crippen molar-refractivity contribution in [1.29, 1.82) is 0 Å². The number of aliphatic hydroxyl groups is 1. The van der Waals surface area contributed by atoms with Crippen LogP contribution in [0, 0.1) is 0 Å². The van der Waals surface area contributed by atoms with Gasteiger partial charge in [0.05, 0.1) is 13.2 Å². The first-order valence-electron chi connectivity index (χ1n) is 5.19. The molecular weight excluding hydrogens is 272 g/mol. The summed E-state index contributed by atoms with van der Waals surface area (Å²) >= 11 is 3.53. The van der Waals surface area contributed by atoms with Crippen LogP contribution in [0.1, 0.15) is 25.0 Å². The Kier molecular flexibility index (Phi) is 3.24. The predicted octanol–water partition coefficient (Wildman–Crippen LogP) is 2.59. The second kappa shape index (κ2) is 4.35. The fourth-order valence-corrected chi connectivity index (χ4v) is 2.85. The van der Waals surface area contributed by atoms with E-state index < -0.39 is 0 Å². The van der Waals surface area contributed by atoms with E-state index in [1.54, 1.807) is 0 Å². The van der Waals surface area contributed by atoms with Gasteiger partial charge in [-0.1, -0.05) is 29.8 Å². The number of aliphatic hydroxyl groups excluding tert-OH is 1. The minimum atomic E-state index is -0.311. The molecule has 0 saturated heterocycles. The molecule has 0 aromatic heterocycles. The normalized spacial score (nSPS) is 15.5. The summed E-state index contributed by atoms with van der Waals surface area (Å²) in [5, 5.41) is 9.47. The topological polar surface area (TPSA) is 38.7 Å². The Bertz CT molecular complexity index is 401. The Morgan fingerprint density at radius 2 is 2.19 bits per heavy atom. The van der Waals surface area contributed by atoms with Crippen molar-refractivity contribution in [2.24, 2.45) is 0 Å². The maximum atomic E-state index is 9.47. The fraction of sp³-hybridized carbons (Fsp3) is 0.500. The maximum absolute atomic E-state index is 9.47. The Morgan fingerprint density at radius 1 is 1.44 bits per heavy atom. The Labute approximate surface area is 104 Å². The minimum absolute atomic E-state index is 0.0854. The minimum Gasteiger partial charge on any atom is -0.467 e. The summed E-state index contributed by atoms with van der Waals surface area (Å²) in [6.45, 7) is 4.92. The lowest BCUT2D eigenvalue weighted by atomic mass is 9.82. The van der Waals surface area contributed by atoms with Crippen molar-refractivity contribution in [3.63, 3.8) is 0 Å². The van der Waals surface area contributed by atoms with Gasteiger partial charge in [-0.05, 0) is 17.7 Å². The largest absolute Gasteiger partial charge is 0.467 e. The van der Waals surface area contributed by atoms with Crippen LogP contribution in [-0.4, -0.2) is 18.5 Å². The van der Waals surface area contributed by atoms with Crippen molar-refractivity contribution in [1.82, 2.24) is 0 Å². The molecule has 0 spiro atoms. The van der Waals surface area contributed by atoms with E-state index in [0.29, 0.717) is 13.4 Å². The highest BCUT2D eigenvalue weighted by Crippen LogP contribution is 2.39. The monoisotopic (exact) mass is 286 g/mol. The van der Waals surface area contributed by atoms with Gasteiger partial charge in [-0.2, -0.15) is 0 Å². The first-order valence-corrected chi connectivity index (χ1v) is 5.99. The zero-order chi connectivity index (χ0) is 11.8. The number of halogens is 1. The van der Waals surface area contributed by atoms with Crippen LogP contribution in [0.25, 0.3) is 0 Å². The van der Waals surface area contributed by atoms with Crippen LogP contribution in [0.2, 0.25) is 0 Å². The van der Waals surface area contributed by atoms with Crippen LogP contribution in [0.4, 0.5) is 0 Å². The van der Waals surface area contributed by atoms with Gasteiger partial charge in [0.2, 0.25) is 0 Å². The van der Waals surface area contributed by atoms with Crippen LogP contribution in [0.5, 0.6) is 5.75 Å². The Hall–Kier alpha value is -0.580. The molecular formula is C12H15BrO3. The average molecular weight is 287 g/mol. The summed E-state index contributed by atoms with van der Waals surface area (Å²) in [6, 6.07) is 3.88. The lowest BCUT2D eigenvalue weighted by Crippen LogP contribution is -2.26. The summed E-state index contributed by atoms with van der Waals surface area (Å²) in [5.74, 6) is 0.853. The molecule has 1 heterocycles. The second-order valence-corrected chi connectivity index (χ2v) is 5.41. The zero-order valence-electron chi connectivity index (χ0n) is 9.42. The van der Waals surface area contributed by atoms with Crippen molar-refractivity contribution in [2.45, 2.75) is 25.9 Å². The third-order valence-electron chi connectivity index (χ3n) is 2.84. The highest BCUT2D eigenvalue weighted by molar-refractivity contribution is 9.10. The molecule has 0 radical (unpaired) electrons. The Morgan fingerprint density at radius 3 is 2.88 bits per heavy atom. The molecule has 4 heteroatoms. The molecule has 1 aromatic rings. The highest BCUT2D eigenvalue weighted by Gasteiger charge is 2.28. The van der Waals surface area contributed by atoms with Crippen LogP contribution in [-0.2, 0) is 16.8 Å². The molecule has 1 aliphatic heterocycles. The zero-order valence-corrected chi connectivity index (χ0v) is 11.0. The van der Waals surface area contributed by atoms with Gasteiger partial charge in [-0.25, -0.2) is 0 Å². The molecule has 1 aromatic carbocycles. The average Bonchev–Trinajstić information content (AvgIpc) is 2.28. The molecule has 0 unspecified atom stereocenters. The van der Waals surface area contributed by atoms with Crippen molar-refractivity contribution in [3.8, 4) is 5.75 Å². The summed E-state index contributed by atoms with van der Waals surface area (Å²) in [5.41, 5.74) is 1.78. The number of fused-ring (bicyclic) bond motifs is 1. The van der Waals surface area contributed by atoms with Crippen LogP contribution in [0.15, 0.2) is 16.6 Å². The van der Waals surface area contributed by atoms with Gasteiger partial charge in [0.25, 0.3) is 0 Å². The number of hydrogen-bond acceptors (Lipinski definition) is 3. The quantitative estimate of drug-likeness (QED) is 0.908. The van der Waals surface area contributed by atoms with Gasteiger partial charge in [0.15, 0.2) is 6.79 Å². The molecule has 0 amide bonds. The molecule has 1 aliphatic rings.